The second kappa shape index (κ2) is 11.3. The van der Waals surface area contributed by atoms with E-state index in [0.717, 1.165) is 30.4 Å². The van der Waals surface area contributed by atoms with E-state index in [0.29, 0.717) is 34.7 Å². The highest BCUT2D eigenvalue weighted by Gasteiger charge is 2.51. The van der Waals surface area contributed by atoms with Crippen LogP contribution in [-0.2, 0) is 16.4 Å². The summed E-state index contributed by atoms with van der Waals surface area (Å²) in [5, 5.41) is 18.6. The van der Waals surface area contributed by atoms with Crippen molar-refractivity contribution in [2.75, 3.05) is 6.61 Å². The van der Waals surface area contributed by atoms with Crippen LogP contribution >= 0.6 is 0 Å². The lowest BCUT2D eigenvalue weighted by Gasteiger charge is -2.52. The fourth-order valence-corrected chi connectivity index (χ4v) is 7.13. The van der Waals surface area contributed by atoms with Crippen molar-refractivity contribution in [1.82, 2.24) is 0 Å². The van der Waals surface area contributed by atoms with E-state index in [1.165, 1.54) is 35.3 Å². The van der Waals surface area contributed by atoms with Gasteiger partial charge in [-0.05, 0) is 89.5 Å². The Morgan fingerprint density at radius 1 is 1.08 bits per heavy atom. The Balaban J connectivity index is 0.000000224. The molecule has 1 aromatic rings. The number of allylic oxidation sites excluding steroid dienone is 4. The molecular formula is C33H45F3O3. The van der Waals surface area contributed by atoms with Crippen molar-refractivity contribution in [1.29, 1.82) is 0 Å². The first kappa shape index (κ1) is 31.2. The van der Waals surface area contributed by atoms with Crippen molar-refractivity contribution < 1.29 is 28.2 Å². The predicted octanol–water partition coefficient (Wildman–Crippen LogP) is 8.45. The van der Waals surface area contributed by atoms with Gasteiger partial charge in [-0.25, -0.2) is 0 Å². The predicted molar refractivity (Wildman–Crippen MR) is 150 cm³/mol. The Morgan fingerprint density at radius 3 is 2.15 bits per heavy atom. The summed E-state index contributed by atoms with van der Waals surface area (Å²) in [5.74, 6) is 2.87. The molecule has 216 valence electrons. The summed E-state index contributed by atoms with van der Waals surface area (Å²) in [6.45, 7) is 19.9. The molecule has 0 aliphatic heterocycles. The third-order valence-electron chi connectivity index (χ3n) is 9.92. The average Bonchev–Trinajstić information content (AvgIpc) is 2.99. The Hall–Kier alpha value is -2.34. The Labute approximate surface area is 231 Å². The highest BCUT2D eigenvalue weighted by Crippen LogP contribution is 2.59. The largest absolute Gasteiger partial charge is 0.481 e. The van der Waals surface area contributed by atoms with E-state index in [9.17, 15) is 23.1 Å². The number of carboxylic acid groups (broad SMARTS) is 1. The van der Waals surface area contributed by atoms with Crippen molar-refractivity contribution in [2.45, 2.75) is 79.3 Å². The number of halogens is 3. The molecule has 0 aromatic heterocycles. The molecule has 0 radical (unpaired) electrons. The summed E-state index contributed by atoms with van der Waals surface area (Å²) >= 11 is 0. The number of hydrogen-bond acceptors (Lipinski definition) is 2. The van der Waals surface area contributed by atoms with Crippen LogP contribution in [-0.4, -0.2) is 22.8 Å². The maximum absolute atomic E-state index is 12.3. The van der Waals surface area contributed by atoms with E-state index < -0.39 is 23.1 Å². The molecule has 1 aromatic carbocycles. The lowest BCUT2D eigenvalue weighted by atomic mass is 9.52. The van der Waals surface area contributed by atoms with Gasteiger partial charge in [-0.3, -0.25) is 4.79 Å². The number of carbonyl (C=O) groups is 1. The van der Waals surface area contributed by atoms with Crippen molar-refractivity contribution in [2.24, 2.45) is 40.9 Å². The maximum atomic E-state index is 12.3. The first-order valence-electron chi connectivity index (χ1n) is 14.0. The molecule has 39 heavy (non-hydrogen) atoms. The molecule has 3 aliphatic carbocycles. The summed E-state index contributed by atoms with van der Waals surface area (Å²) in [6, 6.07) is 4.59. The van der Waals surface area contributed by atoms with E-state index in [4.69, 9.17) is 5.11 Å². The van der Waals surface area contributed by atoms with Crippen LogP contribution in [0.15, 0.2) is 59.7 Å². The maximum Gasteiger partial charge on any atom is 0.416 e. The monoisotopic (exact) mass is 546 g/mol. The number of benzene rings is 1. The van der Waals surface area contributed by atoms with Gasteiger partial charge in [0.05, 0.1) is 18.6 Å². The number of rotatable bonds is 4. The summed E-state index contributed by atoms with van der Waals surface area (Å²) in [5.41, 5.74) is 3.40. The molecule has 1 fully saturated rings. The molecule has 0 saturated heterocycles. The van der Waals surface area contributed by atoms with Crippen LogP contribution in [0.4, 0.5) is 13.2 Å². The Kier molecular flexibility index (Phi) is 9.01. The second-order valence-electron chi connectivity index (χ2n) is 13.3. The molecule has 4 rings (SSSR count). The molecule has 6 heteroatoms. The van der Waals surface area contributed by atoms with Gasteiger partial charge in [0.15, 0.2) is 0 Å². The van der Waals surface area contributed by atoms with E-state index in [1.807, 2.05) is 0 Å². The molecule has 0 amide bonds. The minimum absolute atomic E-state index is 0.127. The van der Waals surface area contributed by atoms with Crippen molar-refractivity contribution in [3.63, 3.8) is 0 Å². The topological polar surface area (TPSA) is 57.5 Å². The standard InChI is InChI=1S/C21H32O.C12H13F3O2/c1-12-8-18-17(15(12)4)9-16(11-22)10-19-20(18)13(2)7-14(3)21(19,5)6;1-11(2,7-10(16)17)8-3-5-9(6-4-8)12(13,14)15/h8,10,13-14,17-20,22H,4,7,9,11H2,1-3,5-6H3;3-6H,7H2,1-2H3,(H,16,17)/t13-,14?,17?,18?,19-,20?;/m1./s1. The molecule has 0 heterocycles. The number of aliphatic hydroxyl groups excluding tert-OH is 1. The normalized spacial score (nSPS) is 30.2. The van der Waals surface area contributed by atoms with E-state index in [-0.39, 0.29) is 13.0 Å². The molecule has 4 unspecified atom stereocenters. The van der Waals surface area contributed by atoms with Gasteiger partial charge < -0.3 is 10.2 Å². The van der Waals surface area contributed by atoms with Gasteiger partial charge in [0, 0.05) is 5.41 Å². The van der Waals surface area contributed by atoms with Crippen molar-refractivity contribution in [3.8, 4) is 0 Å². The molecule has 0 bridgehead atoms. The minimum Gasteiger partial charge on any atom is -0.481 e. The molecule has 2 N–H and O–H groups in total. The number of hydrogen-bond donors (Lipinski definition) is 2. The lowest BCUT2D eigenvalue weighted by Crippen LogP contribution is -2.46. The van der Waals surface area contributed by atoms with Gasteiger partial charge in [-0.2, -0.15) is 13.2 Å². The van der Waals surface area contributed by atoms with Crippen LogP contribution in [0.1, 0.15) is 78.9 Å². The van der Waals surface area contributed by atoms with E-state index in [1.54, 1.807) is 13.8 Å². The summed E-state index contributed by atoms with van der Waals surface area (Å²) in [6.07, 6.45) is 2.78. The molecular weight excluding hydrogens is 501 g/mol. The van der Waals surface area contributed by atoms with Gasteiger partial charge in [0.2, 0.25) is 0 Å². The summed E-state index contributed by atoms with van der Waals surface area (Å²) < 4.78 is 37.0. The van der Waals surface area contributed by atoms with Crippen LogP contribution in [0.2, 0.25) is 0 Å². The van der Waals surface area contributed by atoms with Crippen LogP contribution in [0.3, 0.4) is 0 Å². The number of carboxylic acids is 1. The van der Waals surface area contributed by atoms with E-state index in [2.05, 4.69) is 53.3 Å². The van der Waals surface area contributed by atoms with Crippen LogP contribution in [0.5, 0.6) is 0 Å². The smallest absolute Gasteiger partial charge is 0.416 e. The third-order valence-corrected chi connectivity index (χ3v) is 9.92. The van der Waals surface area contributed by atoms with E-state index >= 15 is 0 Å². The van der Waals surface area contributed by atoms with Gasteiger partial charge >= 0.3 is 12.1 Å². The highest BCUT2D eigenvalue weighted by atomic mass is 19.4. The quantitative estimate of drug-likeness (QED) is 0.373. The van der Waals surface area contributed by atoms with Gasteiger partial charge in [0.25, 0.3) is 0 Å². The fourth-order valence-electron chi connectivity index (χ4n) is 7.13. The summed E-state index contributed by atoms with van der Waals surface area (Å²) in [7, 11) is 0. The zero-order valence-corrected chi connectivity index (χ0v) is 24.4. The first-order valence-corrected chi connectivity index (χ1v) is 14.0. The Morgan fingerprint density at radius 2 is 1.64 bits per heavy atom. The summed E-state index contributed by atoms with van der Waals surface area (Å²) in [4.78, 5) is 10.6. The zero-order chi connectivity index (χ0) is 29.5. The third kappa shape index (κ3) is 6.53. The minimum atomic E-state index is -4.37. The number of alkyl halides is 3. The van der Waals surface area contributed by atoms with Gasteiger partial charge in [-0.1, -0.05) is 78.0 Å². The molecule has 3 aliphatic rings. The van der Waals surface area contributed by atoms with Crippen LogP contribution < -0.4 is 0 Å². The second-order valence-corrected chi connectivity index (χ2v) is 13.3. The van der Waals surface area contributed by atoms with Crippen LogP contribution in [0, 0.1) is 40.9 Å². The highest BCUT2D eigenvalue weighted by molar-refractivity contribution is 5.68. The molecule has 6 atom stereocenters. The Bertz CT molecular complexity index is 1120. The number of fused-ring (bicyclic) bond motifs is 3. The van der Waals surface area contributed by atoms with Gasteiger partial charge in [0.1, 0.15) is 0 Å². The van der Waals surface area contributed by atoms with Gasteiger partial charge in [-0.15, -0.1) is 0 Å². The molecule has 1 saturated carbocycles. The molecule has 0 spiro atoms. The SMILES string of the molecule is C=C1C(C)=CC2C1CC(CO)=C[C@@H]1C2[C@H](C)CC(C)C1(C)C.CC(C)(CC(=O)O)c1ccc(C(F)(F)F)cc1. The van der Waals surface area contributed by atoms with Crippen molar-refractivity contribution in [3.05, 3.63) is 70.8 Å². The first-order chi connectivity index (χ1) is 17.9. The fraction of sp³-hybridized carbons (Fsp3) is 0.606. The number of aliphatic carboxylic acids is 1. The lowest BCUT2D eigenvalue weighted by molar-refractivity contribution is -0.139. The average molecular weight is 547 g/mol. The zero-order valence-electron chi connectivity index (χ0n) is 24.4. The molecule has 3 nitrogen and oxygen atoms in total. The van der Waals surface area contributed by atoms with Crippen LogP contribution in [0.25, 0.3) is 0 Å². The number of aliphatic hydroxyl groups is 1. The van der Waals surface area contributed by atoms with Crippen molar-refractivity contribution >= 4 is 5.97 Å².